The molecule has 1 amide bonds. The average Bonchev–Trinajstić information content (AvgIpc) is 0.805. The second kappa shape index (κ2) is 61.0. The Bertz CT molecular complexity index is 7100. The number of fused-ring (bicyclic) bond motifs is 3. The Hall–Kier alpha value is -17.3. The van der Waals surface area contributed by atoms with Crippen LogP contribution in [-0.2, 0) is 33.8 Å². The standard InChI is InChI=1S/C26H21FN4O.C16H10N4O2.C16H12N4.C10H10N4O2.C8H10FN.C8H7N.C7H5ClO2.C7H5N3O2.C5H13NO2.2ClH.Sn/c1-3-18-6-5-9-22(13-18)30-26-23-14-19(10-11-24(23)28-17-29-26)15-25(32)31(2)16-20-7-4-8-21(27)12-20;1-2-11-4-3-5-12(8-11)19-16-14-9-13(20(21)22)6-7-15(14)17-10-18-16;1-2-11-4-3-5-13(8-11)20-16-14-9-12(17)6-7-15(14)18-10-19-16;1-13(2)7-12-10-4-3-9(14(15)16)5-8(10)6-11;1-10-6-7-3-2-4-8(9)5-7;1-2-7-4-3-5-8(9)6-7;8-7(9)10-6-4-2-1-3-5-6;8-4-5-3-6(10(11)12)1-2-7(5)9;1-6(2)5(7-3)8-4;;;/h1,4-14,17H,15-16H2,2H3,(H,28,29,30);1,3-10H,(H,17,18,19);1,3-10H,17H2,(H,18,19,20);3-5,7H,1-2H3;2-5,10H,6H2,1H3;1,3-6H,9H2;1-5H;1-3H,9H2;5H,1-4H3;2*1H;/q;;;;;;;;;;;+2/p-2. The first-order chi connectivity index (χ1) is 68.2. The molecule has 0 spiro atoms. The van der Waals surface area contributed by atoms with Crippen LogP contribution in [0.1, 0.15) is 50.1 Å². The molecule has 0 bridgehead atoms. The number of nitro benzene ring substituents is 3. The Labute approximate surface area is 840 Å². The van der Waals surface area contributed by atoms with Gasteiger partial charge in [-0.2, -0.15) is 10.5 Å². The van der Waals surface area contributed by atoms with Gasteiger partial charge in [-0.05, 0) is 196 Å². The summed E-state index contributed by atoms with van der Waals surface area (Å²) >= 11 is 4.13. The monoisotopic (exact) mass is 2080 g/mol. The zero-order chi connectivity index (χ0) is 104. The van der Waals surface area contributed by atoms with E-state index in [1.807, 2.05) is 160 Å². The van der Waals surface area contributed by atoms with Crippen molar-refractivity contribution in [1.29, 1.82) is 10.5 Å². The van der Waals surface area contributed by atoms with Gasteiger partial charge in [0.15, 0.2) is 0 Å². The van der Waals surface area contributed by atoms with Crippen molar-refractivity contribution in [2.45, 2.75) is 25.9 Å². The molecule has 0 aliphatic carbocycles. The minimum absolute atomic E-state index is 0.0114. The molecule has 142 heavy (non-hydrogen) atoms. The van der Waals surface area contributed by atoms with Gasteiger partial charge in [-0.3, -0.25) is 40.0 Å². The van der Waals surface area contributed by atoms with Crippen LogP contribution in [0.2, 0.25) is 0 Å². The number of anilines is 9. The molecule has 10 N–H and O–H groups in total. The van der Waals surface area contributed by atoms with E-state index < -0.39 is 39.1 Å². The van der Waals surface area contributed by atoms with Crippen molar-refractivity contribution in [2.75, 3.05) is 89.7 Å². The summed E-state index contributed by atoms with van der Waals surface area (Å²) in [4.78, 5) is 87.6. The Balaban J connectivity index is 0.000000253. The van der Waals surface area contributed by atoms with E-state index in [4.69, 9.17) is 92.3 Å². The van der Waals surface area contributed by atoms with E-state index in [1.165, 1.54) is 92.1 Å². The van der Waals surface area contributed by atoms with Gasteiger partial charge >= 0.3 is 42.2 Å². The Morgan fingerprint density at radius 3 is 1.35 bits per heavy atom. The number of carbonyl (C=O) groups is 2. The summed E-state index contributed by atoms with van der Waals surface area (Å²) in [5, 5.41) is 63.8. The van der Waals surface area contributed by atoms with Crippen molar-refractivity contribution in [2.24, 2.45) is 4.99 Å². The molecule has 0 aliphatic rings. The molecule has 33 nitrogen and oxygen atoms in total. The number of terminal acetylenes is 4. The third kappa shape index (κ3) is 39.8. The summed E-state index contributed by atoms with van der Waals surface area (Å²) in [6.07, 6.45) is 27.3. The summed E-state index contributed by atoms with van der Waals surface area (Å²) in [5.41, 5.74) is 28.3. The average molecular weight is 2080 g/mol. The quantitative estimate of drug-likeness (QED) is 0.00404. The number of halogens is 5. The zero-order valence-corrected chi connectivity index (χ0v) is 82.7. The molecular weight excluding hydrogens is 1980 g/mol. The number of non-ortho nitro benzene ring substituents is 3. The van der Waals surface area contributed by atoms with Crippen molar-refractivity contribution in [3.05, 3.63) is 378 Å². The van der Waals surface area contributed by atoms with Gasteiger partial charge in [-0.15, -0.1) is 25.7 Å². The number of nitrogens with one attached hydrogen (secondary N) is 4. The van der Waals surface area contributed by atoms with Crippen LogP contribution in [0, 0.1) is 114 Å². The molecule has 0 saturated carbocycles. The molecular formula is C103H93Cl3F2N22O11Sn. The molecule has 15 aromatic rings. The summed E-state index contributed by atoms with van der Waals surface area (Å²) < 4.78 is 40.2. The number of amides is 1. The van der Waals surface area contributed by atoms with E-state index in [-0.39, 0.29) is 64.3 Å². The van der Waals surface area contributed by atoms with E-state index >= 15 is 0 Å². The van der Waals surface area contributed by atoms with Gasteiger partial charge in [-0.25, -0.2) is 48.5 Å². The van der Waals surface area contributed by atoms with Crippen LogP contribution in [0.15, 0.2) is 291 Å². The van der Waals surface area contributed by atoms with E-state index in [9.17, 15) is 48.7 Å². The van der Waals surface area contributed by atoms with Gasteiger partial charge in [0.2, 0.25) is 12.3 Å². The van der Waals surface area contributed by atoms with Gasteiger partial charge in [0.05, 0.1) is 60.9 Å². The molecule has 12 aromatic carbocycles. The van der Waals surface area contributed by atoms with Gasteiger partial charge in [-0.1, -0.05) is 96.5 Å². The van der Waals surface area contributed by atoms with Crippen LogP contribution in [0.4, 0.5) is 87.9 Å². The molecule has 0 aliphatic heterocycles. The third-order valence-electron chi connectivity index (χ3n) is 18.4. The number of hydrogen-bond acceptors (Lipinski definition) is 28. The number of nitrogens with two attached hydrogens (primary N) is 3. The number of aliphatic imine (C=N–C) groups is 1. The van der Waals surface area contributed by atoms with Gasteiger partial charge in [0.1, 0.15) is 66.0 Å². The van der Waals surface area contributed by atoms with Crippen LogP contribution >= 0.6 is 29.4 Å². The Kier molecular flexibility index (Phi) is 48.7. The normalized spacial score (nSPS) is 9.87. The van der Waals surface area contributed by atoms with Gasteiger partial charge in [0.25, 0.3) is 17.1 Å². The Morgan fingerprint density at radius 1 is 0.500 bits per heavy atom. The predicted octanol–water partition coefficient (Wildman–Crippen LogP) is 20.0. The molecule has 0 unspecified atom stereocenters. The number of aromatic nitrogens is 6. The van der Waals surface area contributed by atoms with Crippen LogP contribution in [0.5, 0.6) is 5.75 Å². The van der Waals surface area contributed by atoms with E-state index in [1.54, 1.807) is 118 Å². The van der Waals surface area contributed by atoms with Gasteiger partial charge in [0, 0.05) is 169 Å². The molecule has 2 radical (unpaired) electrons. The van der Waals surface area contributed by atoms with Crippen LogP contribution in [0.25, 0.3) is 32.7 Å². The summed E-state index contributed by atoms with van der Waals surface area (Å²) in [5.74, 6) is 12.0. The molecule has 720 valence electrons. The first-order valence-corrected chi connectivity index (χ1v) is 49.1. The van der Waals surface area contributed by atoms with Gasteiger partial charge < -0.3 is 62.5 Å². The minimum atomic E-state index is -0.826. The number of nitro groups is 3. The molecule has 15 rings (SSSR count). The van der Waals surface area contributed by atoms with Crippen LogP contribution in [0.3, 0.4) is 0 Å². The molecule has 0 atom stereocenters. The SMILES string of the molecule is C#Cc1cccc(N)c1.C#Cc1cccc(Nc2ncnc3ccc(CC(=O)N(C)Cc4cccc(F)c4)cc23)c1.C#Cc1cccc(Nc2ncnc3ccc(N)cc23)c1.C#Cc1cccc(Nc2ncnc3ccc([N+](=O)[O-])cc23)c1.CN(C)C=Nc1ccc([N+](=O)[O-])cc1C#N.CNCc1cccc(F)c1.COC(OC)N(C)C.N#Cc1cc([N+](=O)[O-])ccc1N.O=C(Cl)Oc1ccccc1.[Cl][Sn][Cl]. The number of carbonyl (C=O) groups excluding carboxylic acids is 2. The predicted molar refractivity (Wildman–Crippen MR) is 556 cm³/mol. The maximum absolute atomic E-state index is 13.4. The first-order valence-electron chi connectivity index (χ1n) is 41.5. The fourth-order valence-corrected chi connectivity index (χ4v) is 12.0. The molecule has 0 saturated heterocycles. The number of rotatable bonds is 21. The van der Waals surface area contributed by atoms with Crippen molar-refractivity contribution in [3.63, 3.8) is 0 Å². The van der Waals surface area contributed by atoms with Crippen molar-refractivity contribution < 1.29 is 47.4 Å². The molecule has 39 heteroatoms. The summed E-state index contributed by atoms with van der Waals surface area (Å²) in [6, 6.07) is 78.1. The number of methoxy groups -OCH3 is 2. The number of para-hydroxylation sites is 1. The third-order valence-corrected chi connectivity index (χ3v) is 18.4. The zero-order valence-electron chi connectivity index (χ0n) is 77.5. The number of hydrogen-bond donors (Lipinski definition) is 7. The summed E-state index contributed by atoms with van der Waals surface area (Å²) in [7, 11) is 24.0. The first kappa shape index (κ1) is 113. The number of nitriles is 2. The number of nitrogen functional groups attached to an aromatic ring is 3. The van der Waals surface area contributed by atoms with Crippen molar-refractivity contribution in [1.82, 2.24) is 49.9 Å². The van der Waals surface area contributed by atoms with E-state index in [2.05, 4.69) is 84.6 Å². The number of ether oxygens (including phenoxy) is 3. The fourth-order valence-electron chi connectivity index (χ4n) is 11.9. The number of likely N-dealkylation sites (N-methyl/N-ethyl adjacent to an activating group) is 1. The van der Waals surface area contributed by atoms with E-state index in [0.29, 0.717) is 57.7 Å². The van der Waals surface area contributed by atoms with Crippen LogP contribution < -0.4 is 43.2 Å². The molecule has 3 aromatic heterocycles. The van der Waals surface area contributed by atoms with E-state index in [0.717, 1.165) is 90.4 Å². The Morgan fingerprint density at radius 2 is 0.915 bits per heavy atom. The maximum atomic E-state index is 13.4. The summed E-state index contributed by atoms with van der Waals surface area (Å²) in [6.45, 7) is 1.06. The fraction of sp³-hybridized carbons (Fsp3) is 0.117. The number of benzene rings is 12. The van der Waals surface area contributed by atoms with Crippen molar-refractivity contribution in [3.8, 4) is 67.3 Å². The topological polar surface area (TPSA) is 464 Å². The van der Waals surface area contributed by atoms with Crippen LogP contribution in [-0.4, -0.2) is 159 Å². The number of nitrogens with zero attached hydrogens (tertiary/aromatic N) is 15. The van der Waals surface area contributed by atoms with Crippen molar-refractivity contribution >= 4 is 173 Å². The second-order valence-electron chi connectivity index (χ2n) is 29.2. The molecule has 3 heterocycles. The second-order valence-corrected chi connectivity index (χ2v) is 33.7. The molecule has 0 fully saturated rings.